The predicted octanol–water partition coefficient (Wildman–Crippen LogP) is 1.71. The third-order valence-corrected chi connectivity index (χ3v) is 4.00. The molecule has 1 aromatic carbocycles. The Bertz CT molecular complexity index is 495. The van der Waals surface area contributed by atoms with Gasteiger partial charge in [0.15, 0.2) is 11.6 Å². The number of fused-ring (bicyclic) bond motifs is 3. The summed E-state index contributed by atoms with van der Waals surface area (Å²) in [6.07, 6.45) is 0.736. The minimum absolute atomic E-state index is 0.106. The first kappa shape index (κ1) is 13.6. The molecule has 2 atom stereocenters. The second-order valence-electron chi connectivity index (χ2n) is 5.58. The molecule has 0 spiro atoms. The Kier molecular flexibility index (Phi) is 3.81. The summed E-state index contributed by atoms with van der Waals surface area (Å²) >= 11 is 0. The van der Waals surface area contributed by atoms with Gasteiger partial charge in [-0.1, -0.05) is 0 Å². The number of ether oxygens (including phenoxy) is 2. The fourth-order valence-corrected chi connectivity index (χ4v) is 3.14. The summed E-state index contributed by atoms with van der Waals surface area (Å²) in [5.74, 6) is 0.0994. The van der Waals surface area contributed by atoms with E-state index in [0.29, 0.717) is 18.4 Å². The molecule has 0 amide bonds. The lowest BCUT2D eigenvalue weighted by molar-refractivity contribution is 0.0721. The molecular weight excluding hydrogens is 259 g/mol. The summed E-state index contributed by atoms with van der Waals surface area (Å²) in [4.78, 5) is 2.28. The molecule has 0 bridgehead atoms. The van der Waals surface area contributed by atoms with Gasteiger partial charge in [0.05, 0.1) is 12.3 Å². The standard InChI is InChI=1S/C15H21FN2O2/c1-10-5-13(16)15-14(6-10)18-4-3-17-8-11(18)7-12(20-15)9-19-2/h5-6,11-12,17H,3-4,7-9H2,1-2H3/t11-,12+/m1/s1. The molecule has 110 valence electrons. The van der Waals surface area contributed by atoms with E-state index in [1.807, 2.05) is 13.0 Å². The smallest absolute Gasteiger partial charge is 0.178 e. The van der Waals surface area contributed by atoms with E-state index in [2.05, 4.69) is 10.2 Å². The zero-order valence-electron chi connectivity index (χ0n) is 12.0. The zero-order valence-corrected chi connectivity index (χ0v) is 12.0. The third-order valence-electron chi connectivity index (χ3n) is 4.00. The molecule has 1 saturated heterocycles. The van der Waals surface area contributed by atoms with Gasteiger partial charge in [-0.15, -0.1) is 0 Å². The van der Waals surface area contributed by atoms with Crippen molar-refractivity contribution < 1.29 is 13.9 Å². The normalized spacial score (nSPS) is 25.4. The summed E-state index contributed by atoms with van der Waals surface area (Å²) in [6.45, 7) is 5.10. The lowest BCUT2D eigenvalue weighted by atomic mass is 10.1. The highest BCUT2D eigenvalue weighted by atomic mass is 19.1. The van der Waals surface area contributed by atoms with Crippen LogP contribution in [0.2, 0.25) is 0 Å². The summed E-state index contributed by atoms with van der Waals surface area (Å²) in [6, 6.07) is 3.88. The zero-order chi connectivity index (χ0) is 14.1. The Morgan fingerprint density at radius 3 is 3.15 bits per heavy atom. The van der Waals surface area contributed by atoms with E-state index in [9.17, 15) is 4.39 Å². The first-order valence-electron chi connectivity index (χ1n) is 7.12. The molecule has 1 aromatic rings. The van der Waals surface area contributed by atoms with Crippen LogP contribution in [0.15, 0.2) is 12.1 Å². The second-order valence-corrected chi connectivity index (χ2v) is 5.58. The maximum atomic E-state index is 14.3. The van der Waals surface area contributed by atoms with Crippen LogP contribution >= 0.6 is 0 Å². The molecule has 5 heteroatoms. The van der Waals surface area contributed by atoms with Crippen LogP contribution in [-0.4, -0.2) is 45.5 Å². The predicted molar refractivity (Wildman–Crippen MR) is 76.0 cm³/mol. The van der Waals surface area contributed by atoms with Gasteiger partial charge >= 0.3 is 0 Å². The Morgan fingerprint density at radius 1 is 1.50 bits per heavy atom. The van der Waals surface area contributed by atoms with E-state index in [1.165, 1.54) is 6.07 Å². The average Bonchev–Trinajstić information content (AvgIpc) is 2.57. The van der Waals surface area contributed by atoms with Crippen molar-refractivity contribution in [3.05, 3.63) is 23.5 Å². The fraction of sp³-hybridized carbons (Fsp3) is 0.600. The number of benzene rings is 1. The van der Waals surface area contributed by atoms with Crippen molar-refractivity contribution in [1.82, 2.24) is 5.32 Å². The van der Waals surface area contributed by atoms with Crippen molar-refractivity contribution in [2.45, 2.75) is 25.5 Å². The van der Waals surface area contributed by atoms with Gasteiger partial charge in [0, 0.05) is 39.2 Å². The largest absolute Gasteiger partial charge is 0.483 e. The Hall–Kier alpha value is -1.33. The van der Waals surface area contributed by atoms with Crippen LogP contribution in [0.3, 0.4) is 0 Å². The molecule has 20 heavy (non-hydrogen) atoms. The number of nitrogens with zero attached hydrogens (tertiary/aromatic N) is 1. The number of hydrogen-bond acceptors (Lipinski definition) is 4. The molecule has 2 heterocycles. The maximum absolute atomic E-state index is 14.3. The Balaban J connectivity index is 2.02. The molecule has 3 rings (SSSR count). The molecule has 1 N–H and O–H groups in total. The van der Waals surface area contributed by atoms with Gasteiger partial charge in [-0.3, -0.25) is 0 Å². The van der Waals surface area contributed by atoms with E-state index in [1.54, 1.807) is 7.11 Å². The summed E-state index contributed by atoms with van der Waals surface area (Å²) in [5, 5.41) is 3.40. The molecular formula is C15H21FN2O2. The SMILES string of the molecule is COC[C@@H]1C[C@@H]2CNCCN2c2cc(C)cc(F)c2O1. The monoisotopic (exact) mass is 280 g/mol. The van der Waals surface area contributed by atoms with Crippen LogP contribution in [0.1, 0.15) is 12.0 Å². The first-order valence-corrected chi connectivity index (χ1v) is 7.12. The number of anilines is 1. The Morgan fingerprint density at radius 2 is 2.35 bits per heavy atom. The number of piperazine rings is 1. The Labute approximate surface area is 118 Å². The summed E-state index contributed by atoms with van der Waals surface area (Å²) in [5.41, 5.74) is 1.81. The minimum atomic E-state index is -0.278. The second kappa shape index (κ2) is 5.58. The van der Waals surface area contributed by atoms with Crippen molar-refractivity contribution in [2.75, 3.05) is 38.3 Å². The highest BCUT2D eigenvalue weighted by Gasteiger charge is 2.33. The third kappa shape index (κ3) is 2.47. The number of nitrogens with one attached hydrogen (secondary N) is 1. The van der Waals surface area contributed by atoms with E-state index in [4.69, 9.17) is 9.47 Å². The van der Waals surface area contributed by atoms with Crippen molar-refractivity contribution in [1.29, 1.82) is 0 Å². The number of methoxy groups -OCH3 is 1. The van der Waals surface area contributed by atoms with Gasteiger partial charge in [0.25, 0.3) is 0 Å². The molecule has 0 aromatic heterocycles. The summed E-state index contributed by atoms with van der Waals surface area (Å²) < 4.78 is 25.4. The minimum Gasteiger partial charge on any atom is -0.483 e. The van der Waals surface area contributed by atoms with E-state index < -0.39 is 0 Å². The summed E-state index contributed by atoms with van der Waals surface area (Å²) in [7, 11) is 1.65. The molecule has 0 unspecified atom stereocenters. The highest BCUT2D eigenvalue weighted by Crippen LogP contribution is 2.38. The number of aryl methyl sites for hydroxylation is 1. The first-order chi connectivity index (χ1) is 9.69. The number of rotatable bonds is 2. The molecule has 2 aliphatic heterocycles. The van der Waals surface area contributed by atoms with Crippen molar-refractivity contribution >= 4 is 5.69 Å². The average molecular weight is 280 g/mol. The molecule has 4 nitrogen and oxygen atoms in total. The lowest BCUT2D eigenvalue weighted by Crippen LogP contribution is -2.52. The van der Waals surface area contributed by atoms with Crippen LogP contribution < -0.4 is 15.0 Å². The highest BCUT2D eigenvalue weighted by molar-refractivity contribution is 5.62. The lowest BCUT2D eigenvalue weighted by Gasteiger charge is -2.37. The van der Waals surface area contributed by atoms with Crippen LogP contribution in [0.25, 0.3) is 0 Å². The quantitative estimate of drug-likeness (QED) is 0.894. The topological polar surface area (TPSA) is 33.7 Å². The van der Waals surface area contributed by atoms with Gasteiger partial charge in [-0.25, -0.2) is 4.39 Å². The van der Waals surface area contributed by atoms with Gasteiger partial charge in [-0.2, -0.15) is 0 Å². The van der Waals surface area contributed by atoms with Crippen LogP contribution in [-0.2, 0) is 4.74 Å². The fourth-order valence-electron chi connectivity index (χ4n) is 3.14. The molecule has 0 saturated carbocycles. The van der Waals surface area contributed by atoms with Gasteiger partial charge in [0.2, 0.25) is 0 Å². The van der Waals surface area contributed by atoms with Crippen molar-refractivity contribution in [3.63, 3.8) is 0 Å². The number of halogens is 1. The molecule has 2 aliphatic rings. The van der Waals surface area contributed by atoms with E-state index >= 15 is 0 Å². The molecule has 1 fully saturated rings. The van der Waals surface area contributed by atoms with Gasteiger partial charge < -0.3 is 19.7 Å². The van der Waals surface area contributed by atoms with Gasteiger partial charge in [-0.05, 0) is 24.6 Å². The van der Waals surface area contributed by atoms with Crippen LogP contribution in [0, 0.1) is 12.7 Å². The number of hydrogen-bond donors (Lipinski definition) is 1. The van der Waals surface area contributed by atoms with Crippen LogP contribution in [0.4, 0.5) is 10.1 Å². The van der Waals surface area contributed by atoms with E-state index in [0.717, 1.165) is 37.3 Å². The van der Waals surface area contributed by atoms with Crippen molar-refractivity contribution in [3.8, 4) is 5.75 Å². The van der Waals surface area contributed by atoms with E-state index in [-0.39, 0.29) is 11.9 Å². The molecule has 0 aliphatic carbocycles. The van der Waals surface area contributed by atoms with Crippen molar-refractivity contribution in [2.24, 2.45) is 0 Å². The maximum Gasteiger partial charge on any atom is 0.178 e. The van der Waals surface area contributed by atoms with Gasteiger partial charge in [0.1, 0.15) is 6.10 Å². The molecule has 0 radical (unpaired) electrons. The van der Waals surface area contributed by atoms with Crippen LogP contribution in [0.5, 0.6) is 5.75 Å².